The number of piperidine rings is 1. The molecule has 0 unspecified atom stereocenters. The SMILES string of the molecule is CC(C)(C)OC(=O)N1CCC2(CC[C@H](COS(C)(=O)=O)CO2)CC1. The maximum Gasteiger partial charge on any atom is 0.410 e. The van der Waals surface area contributed by atoms with E-state index >= 15 is 0 Å². The molecule has 0 saturated carbocycles. The summed E-state index contributed by atoms with van der Waals surface area (Å²) in [6.07, 6.45) is 4.10. The van der Waals surface area contributed by atoms with Crippen LogP contribution in [-0.2, 0) is 23.8 Å². The molecule has 2 rings (SSSR count). The summed E-state index contributed by atoms with van der Waals surface area (Å²) in [5.74, 6) is 0.106. The minimum atomic E-state index is -3.40. The van der Waals surface area contributed by atoms with Crippen LogP contribution >= 0.6 is 0 Å². The Morgan fingerprint density at radius 2 is 1.88 bits per heavy atom. The lowest BCUT2D eigenvalue weighted by Gasteiger charge is -2.45. The third kappa shape index (κ3) is 5.89. The molecule has 1 spiro atoms. The monoisotopic (exact) mass is 363 g/mol. The molecule has 2 aliphatic rings. The van der Waals surface area contributed by atoms with Gasteiger partial charge in [-0.15, -0.1) is 0 Å². The van der Waals surface area contributed by atoms with Gasteiger partial charge in [-0.3, -0.25) is 4.18 Å². The summed E-state index contributed by atoms with van der Waals surface area (Å²) in [7, 11) is -3.40. The molecule has 2 aliphatic heterocycles. The standard InChI is InChI=1S/C16H29NO6S/c1-15(2,3)23-14(18)17-9-7-16(8-10-17)6-5-13(11-21-16)12-22-24(4,19)20/h13H,5-12H2,1-4H3/t13-/m0/s1. The molecule has 24 heavy (non-hydrogen) atoms. The quantitative estimate of drug-likeness (QED) is 0.715. The highest BCUT2D eigenvalue weighted by Gasteiger charge is 2.41. The number of amides is 1. The summed E-state index contributed by atoms with van der Waals surface area (Å²) in [4.78, 5) is 13.8. The molecule has 0 aromatic heterocycles. The Morgan fingerprint density at radius 1 is 1.25 bits per heavy atom. The Morgan fingerprint density at radius 3 is 2.33 bits per heavy atom. The molecule has 1 amide bonds. The van der Waals surface area contributed by atoms with Gasteiger partial charge in [-0.1, -0.05) is 0 Å². The van der Waals surface area contributed by atoms with E-state index in [9.17, 15) is 13.2 Å². The summed E-state index contributed by atoms with van der Waals surface area (Å²) in [6, 6.07) is 0. The van der Waals surface area contributed by atoms with Crippen molar-refractivity contribution in [3.8, 4) is 0 Å². The Kier molecular flexibility index (Phi) is 5.82. The molecule has 140 valence electrons. The van der Waals surface area contributed by atoms with Crippen LogP contribution in [0.1, 0.15) is 46.5 Å². The Labute approximate surface area is 144 Å². The first-order chi connectivity index (χ1) is 11.0. The van der Waals surface area contributed by atoms with Crippen molar-refractivity contribution in [1.82, 2.24) is 4.90 Å². The van der Waals surface area contributed by atoms with Crippen LogP contribution in [0, 0.1) is 5.92 Å². The van der Waals surface area contributed by atoms with E-state index in [-0.39, 0.29) is 24.2 Å². The smallest absolute Gasteiger partial charge is 0.410 e. The van der Waals surface area contributed by atoms with Gasteiger partial charge in [0, 0.05) is 19.0 Å². The Balaban J connectivity index is 1.77. The fourth-order valence-electron chi connectivity index (χ4n) is 3.09. The van der Waals surface area contributed by atoms with Gasteiger partial charge in [-0.05, 0) is 46.5 Å². The molecular weight excluding hydrogens is 334 g/mol. The molecule has 8 heteroatoms. The number of likely N-dealkylation sites (tertiary alicyclic amines) is 1. The van der Waals surface area contributed by atoms with Crippen LogP contribution in [0.15, 0.2) is 0 Å². The molecule has 0 radical (unpaired) electrons. The molecule has 0 bridgehead atoms. The van der Waals surface area contributed by atoms with Crippen molar-refractivity contribution in [1.29, 1.82) is 0 Å². The second kappa shape index (κ2) is 7.17. The Hall–Kier alpha value is -0.860. The van der Waals surface area contributed by atoms with Gasteiger partial charge in [0.05, 0.1) is 25.1 Å². The second-order valence-electron chi connectivity index (χ2n) is 7.85. The van der Waals surface area contributed by atoms with Crippen molar-refractivity contribution < 1.29 is 26.9 Å². The zero-order valence-corrected chi connectivity index (χ0v) is 15.9. The van der Waals surface area contributed by atoms with E-state index in [0.717, 1.165) is 31.9 Å². The summed E-state index contributed by atoms with van der Waals surface area (Å²) >= 11 is 0. The normalized spacial score (nSPS) is 24.8. The molecule has 0 aromatic rings. The van der Waals surface area contributed by atoms with Crippen LogP contribution in [-0.4, -0.2) is 63.2 Å². The predicted molar refractivity (Wildman–Crippen MR) is 89.2 cm³/mol. The first-order valence-electron chi connectivity index (χ1n) is 8.44. The van der Waals surface area contributed by atoms with Crippen molar-refractivity contribution in [3.05, 3.63) is 0 Å². The van der Waals surface area contributed by atoms with Crippen LogP contribution in [0.25, 0.3) is 0 Å². The summed E-state index contributed by atoms with van der Waals surface area (Å²) in [5.41, 5.74) is -0.680. The zero-order chi connectivity index (χ0) is 18.0. The number of nitrogens with zero attached hydrogens (tertiary/aromatic N) is 1. The molecule has 0 aromatic carbocycles. The molecule has 2 heterocycles. The van der Waals surface area contributed by atoms with Crippen LogP contribution < -0.4 is 0 Å². The number of rotatable bonds is 3. The Bertz CT molecular complexity index is 535. The number of hydrogen-bond acceptors (Lipinski definition) is 6. The summed E-state index contributed by atoms with van der Waals surface area (Å²) in [5, 5.41) is 0. The van der Waals surface area contributed by atoms with E-state index in [4.69, 9.17) is 13.7 Å². The van der Waals surface area contributed by atoms with Gasteiger partial charge in [0.1, 0.15) is 5.60 Å². The van der Waals surface area contributed by atoms with Gasteiger partial charge < -0.3 is 14.4 Å². The van der Waals surface area contributed by atoms with Gasteiger partial charge in [0.2, 0.25) is 0 Å². The highest BCUT2D eigenvalue weighted by atomic mass is 32.2. The van der Waals surface area contributed by atoms with E-state index in [0.29, 0.717) is 19.7 Å². The van der Waals surface area contributed by atoms with E-state index in [1.54, 1.807) is 4.90 Å². The largest absolute Gasteiger partial charge is 0.444 e. The lowest BCUT2D eigenvalue weighted by atomic mass is 9.82. The van der Waals surface area contributed by atoms with E-state index < -0.39 is 15.7 Å². The number of ether oxygens (including phenoxy) is 2. The van der Waals surface area contributed by atoms with E-state index in [2.05, 4.69) is 0 Å². The average Bonchev–Trinajstić information content (AvgIpc) is 2.45. The molecule has 2 saturated heterocycles. The maximum atomic E-state index is 12.1. The summed E-state index contributed by atoms with van der Waals surface area (Å²) < 4.78 is 38.4. The minimum Gasteiger partial charge on any atom is -0.444 e. The lowest BCUT2D eigenvalue weighted by molar-refractivity contribution is -0.132. The highest BCUT2D eigenvalue weighted by molar-refractivity contribution is 7.85. The zero-order valence-electron chi connectivity index (χ0n) is 15.0. The van der Waals surface area contributed by atoms with Crippen LogP contribution in [0.3, 0.4) is 0 Å². The maximum absolute atomic E-state index is 12.1. The average molecular weight is 363 g/mol. The second-order valence-corrected chi connectivity index (χ2v) is 9.50. The van der Waals surface area contributed by atoms with Gasteiger partial charge >= 0.3 is 6.09 Å². The predicted octanol–water partition coefficient (Wildman–Crippen LogP) is 2.16. The van der Waals surface area contributed by atoms with Gasteiger partial charge in [-0.25, -0.2) is 4.79 Å². The number of carbonyl (C=O) groups is 1. The first-order valence-corrected chi connectivity index (χ1v) is 10.3. The molecule has 1 atom stereocenters. The van der Waals surface area contributed by atoms with Crippen LogP contribution in [0.4, 0.5) is 4.79 Å². The molecular formula is C16H29NO6S. The lowest BCUT2D eigenvalue weighted by Crippen LogP contribution is -2.51. The van der Waals surface area contributed by atoms with Gasteiger partial charge in [0.25, 0.3) is 10.1 Å². The molecule has 0 aliphatic carbocycles. The highest BCUT2D eigenvalue weighted by Crippen LogP contribution is 2.37. The third-order valence-corrected chi connectivity index (χ3v) is 5.04. The molecule has 7 nitrogen and oxygen atoms in total. The van der Waals surface area contributed by atoms with Crippen LogP contribution in [0.2, 0.25) is 0 Å². The molecule has 0 N–H and O–H groups in total. The van der Waals surface area contributed by atoms with Gasteiger partial charge in [-0.2, -0.15) is 8.42 Å². The van der Waals surface area contributed by atoms with Crippen LogP contribution in [0.5, 0.6) is 0 Å². The fraction of sp³-hybridized carbons (Fsp3) is 0.938. The van der Waals surface area contributed by atoms with Crippen molar-refractivity contribution >= 4 is 16.2 Å². The molecule has 2 fully saturated rings. The van der Waals surface area contributed by atoms with Crippen molar-refractivity contribution in [2.75, 3.05) is 32.6 Å². The van der Waals surface area contributed by atoms with Crippen molar-refractivity contribution in [2.24, 2.45) is 5.92 Å². The number of hydrogen-bond donors (Lipinski definition) is 0. The number of carbonyl (C=O) groups excluding carboxylic acids is 1. The van der Waals surface area contributed by atoms with E-state index in [1.807, 2.05) is 20.8 Å². The minimum absolute atomic E-state index is 0.106. The van der Waals surface area contributed by atoms with Crippen molar-refractivity contribution in [2.45, 2.75) is 57.7 Å². The van der Waals surface area contributed by atoms with Gasteiger partial charge in [0.15, 0.2) is 0 Å². The topological polar surface area (TPSA) is 82.1 Å². The van der Waals surface area contributed by atoms with E-state index in [1.165, 1.54) is 0 Å². The third-order valence-electron chi connectivity index (χ3n) is 4.48. The fourth-order valence-corrected chi connectivity index (χ4v) is 3.53. The summed E-state index contributed by atoms with van der Waals surface area (Å²) in [6.45, 7) is 7.51. The first kappa shape index (κ1) is 19.5. The van der Waals surface area contributed by atoms with Crippen molar-refractivity contribution in [3.63, 3.8) is 0 Å².